The zero-order valence-electron chi connectivity index (χ0n) is 8.55. The van der Waals surface area contributed by atoms with Crippen LogP contribution in [0.4, 0.5) is 0 Å². The fourth-order valence-corrected chi connectivity index (χ4v) is 1.34. The number of aliphatic hydroxyl groups excluding tert-OH is 1. The van der Waals surface area contributed by atoms with E-state index in [0.717, 1.165) is 12.8 Å². The van der Waals surface area contributed by atoms with Gasteiger partial charge in [-0.15, -0.1) is 0 Å². The Bertz CT molecular complexity index is 330. The van der Waals surface area contributed by atoms with Crippen LogP contribution in [0.3, 0.4) is 0 Å². The quantitative estimate of drug-likeness (QED) is 0.714. The number of nitrogens with zero attached hydrogens (tertiary/aromatic N) is 4. The lowest BCUT2D eigenvalue weighted by Crippen LogP contribution is -2.29. The van der Waals surface area contributed by atoms with Crippen LogP contribution in [0.25, 0.3) is 0 Å². The second-order valence-corrected chi connectivity index (χ2v) is 3.15. The Kier molecular flexibility index (Phi) is 3.82. The van der Waals surface area contributed by atoms with Crippen molar-refractivity contribution >= 4 is 0 Å². The van der Waals surface area contributed by atoms with Crippen molar-refractivity contribution in [3.05, 3.63) is 10.5 Å². The van der Waals surface area contributed by atoms with Crippen LogP contribution in [-0.4, -0.2) is 31.5 Å². The summed E-state index contributed by atoms with van der Waals surface area (Å²) in [5, 5.41) is 16.5. The van der Waals surface area contributed by atoms with Crippen LogP contribution in [0.1, 0.15) is 32.7 Å². The SMILES string of the molecule is CCCC(CO)n1nnn(CC)c1=O. The molecule has 1 aromatic heterocycles. The highest BCUT2D eigenvalue weighted by Gasteiger charge is 2.14. The third kappa shape index (κ3) is 2.01. The fraction of sp³-hybridized carbons (Fsp3) is 0.875. The summed E-state index contributed by atoms with van der Waals surface area (Å²) in [5.41, 5.74) is -0.250. The first-order chi connectivity index (χ1) is 6.74. The van der Waals surface area contributed by atoms with Crippen molar-refractivity contribution in [3.8, 4) is 0 Å². The van der Waals surface area contributed by atoms with Crippen molar-refractivity contribution < 1.29 is 5.11 Å². The molecule has 6 heteroatoms. The van der Waals surface area contributed by atoms with Crippen LogP contribution in [0, 0.1) is 0 Å². The molecule has 1 aromatic rings. The monoisotopic (exact) mass is 200 g/mol. The highest BCUT2D eigenvalue weighted by molar-refractivity contribution is 4.67. The van der Waals surface area contributed by atoms with Gasteiger partial charge in [0.15, 0.2) is 0 Å². The van der Waals surface area contributed by atoms with Crippen molar-refractivity contribution in [1.82, 2.24) is 19.8 Å². The summed E-state index contributed by atoms with van der Waals surface area (Å²) in [4.78, 5) is 11.6. The number of tetrazole rings is 1. The van der Waals surface area contributed by atoms with E-state index in [2.05, 4.69) is 10.4 Å². The van der Waals surface area contributed by atoms with E-state index in [0.29, 0.717) is 6.54 Å². The number of aryl methyl sites for hydroxylation is 1. The zero-order valence-corrected chi connectivity index (χ0v) is 8.55. The molecule has 14 heavy (non-hydrogen) atoms. The molecule has 0 aromatic carbocycles. The average Bonchev–Trinajstić information content (AvgIpc) is 2.56. The molecule has 0 amide bonds. The molecule has 0 aliphatic rings. The van der Waals surface area contributed by atoms with Crippen molar-refractivity contribution in [2.75, 3.05) is 6.61 Å². The van der Waals surface area contributed by atoms with Crippen LogP contribution < -0.4 is 5.69 Å². The maximum Gasteiger partial charge on any atom is 0.363 e. The van der Waals surface area contributed by atoms with E-state index in [1.54, 1.807) is 0 Å². The lowest BCUT2D eigenvalue weighted by atomic mass is 10.2. The topological polar surface area (TPSA) is 72.9 Å². The first kappa shape index (κ1) is 10.9. The molecule has 1 rings (SSSR count). The second kappa shape index (κ2) is 4.90. The molecule has 0 spiro atoms. The number of aromatic nitrogens is 4. The van der Waals surface area contributed by atoms with Crippen molar-refractivity contribution in [1.29, 1.82) is 0 Å². The average molecular weight is 200 g/mol. The Hall–Kier alpha value is -1.17. The largest absolute Gasteiger partial charge is 0.394 e. The van der Waals surface area contributed by atoms with Gasteiger partial charge in [0.2, 0.25) is 0 Å². The minimum Gasteiger partial charge on any atom is -0.394 e. The Morgan fingerprint density at radius 2 is 2.14 bits per heavy atom. The third-order valence-corrected chi connectivity index (χ3v) is 2.14. The standard InChI is InChI=1S/C8H16N4O2/c1-3-5-7(6-13)12-8(14)11(4-2)9-10-12/h7,13H,3-6H2,1-2H3. The molecule has 0 saturated carbocycles. The van der Waals surface area contributed by atoms with Crippen molar-refractivity contribution in [2.24, 2.45) is 0 Å². The van der Waals surface area contributed by atoms with Gasteiger partial charge in [-0.2, -0.15) is 9.36 Å². The van der Waals surface area contributed by atoms with E-state index < -0.39 is 0 Å². The fourth-order valence-electron chi connectivity index (χ4n) is 1.34. The molecule has 1 heterocycles. The van der Waals surface area contributed by atoms with Crippen LogP contribution in [-0.2, 0) is 6.54 Å². The van der Waals surface area contributed by atoms with E-state index in [1.807, 2.05) is 13.8 Å². The van der Waals surface area contributed by atoms with Crippen molar-refractivity contribution in [3.63, 3.8) is 0 Å². The highest BCUT2D eigenvalue weighted by Crippen LogP contribution is 2.07. The Labute approximate surface area is 82.1 Å². The summed E-state index contributed by atoms with van der Waals surface area (Å²) in [6.07, 6.45) is 1.63. The van der Waals surface area contributed by atoms with Crippen LogP contribution in [0.2, 0.25) is 0 Å². The van der Waals surface area contributed by atoms with E-state index in [-0.39, 0.29) is 18.3 Å². The van der Waals surface area contributed by atoms with Gasteiger partial charge in [0.05, 0.1) is 12.6 Å². The van der Waals surface area contributed by atoms with Crippen molar-refractivity contribution in [2.45, 2.75) is 39.3 Å². The zero-order chi connectivity index (χ0) is 10.6. The summed E-state index contributed by atoms with van der Waals surface area (Å²) in [5.74, 6) is 0. The van der Waals surface area contributed by atoms with E-state index in [1.165, 1.54) is 9.36 Å². The minimum absolute atomic E-state index is 0.0733. The van der Waals surface area contributed by atoms with Crippen LogP contribution >= 0.6 is 0 Å². The molecule has 1 atom stereocenters. The molecule has 0 radical (unpaired) electrons. The number of hydrogen-bond donors (Lipinski definition) is 1. The third-order valence-electron chi connectivity index (χ3n) is 2.14. The van der Waals surface area contributed by atoms with Gasteiger partial charge in [-0.1, -0.05) is 13.3 Å². The van der Waals surface area contributed by atoms with Gasteiger partial charge in [0.25, 0.3) is 0 Å². The van der Waals surface area contributed by atoms with E-state index in [4.69, 9.17) is 5.11 Å². The molecule has 0 saturated heterocycles. The molecule has 1 unspecified atom stereocenters. The smallest absolute Gasteiger partial charge is 0.363 e. The van der Waals surface area contributed by atoms with Crippen LogP contribution in [0.5, 0.6) is 0 Å². The second-order valence-electron chi connectivity index (χ2n) is 3.15. The Morgan fingerprint density at radius 1 is 1.43 bits per heavy atom. The summed E-state index contributed by atoms with van der Waals surface area (Å²) in [7, 11) is 0. The number of hydrogen-bond acceptors (Lipinski definition) is 4. The molecule has 1 N–H and O–H groups in total. The summed E-state index contributed by atoms with van der Waals surface area (Å²) in [6, 6.07) is -0.243. The number of rotatable bonds is 5. The Morgan fingerprint density at radius 3 is 2.57 bits per heavy atom. The Balaban J connectivity index is 2.93. The normalized spacial score (nSPS) is 13.1. The van der Waals surface area contributed by atoms with Gasteiger partial charge in [-0.25, -0.2) is 4.79 Å². The lowest BCUT2D eigenvalue weighted by molar-refractivity contribution is 0.205. The van der Waals surface area contributed by atoms with Gasteiger partial charge in [-0.05, 0) is 23.8 Å². The highest BCUT2D eigenvalue weighted by atomic mass is 16.3. The van der Waals surface area contributed by atoms with Gasteiger partial charge in [0, 0.05) is 6.54 Å². The lowest BCUT2D eigenvalue weighted by Gasteiger charge is -2.10. The molecule has 6 nitrogen and oxygen atoms in total. The molecule has 0 aliphatic carbocycles. The molecular formula is C8H16N4O2. The van der Waals surface area contributed by atoms with Gasteiger partial charge in [0.1, 0.15) is 0 Å². The molecule has 80 valence electrons. The van der Waals surface area contributed by atoms with E-state index in [9.17, 15) is 4.79 Å². The predicted molar refractivity (Wildman–Crippen MR) is 51.0 cm³/mol. The van der Waals surface area contributed by atoms with Gasteiger partial charge >= 0.3 is 5.69 Å². The maximum atomic E-state index is 11.6. The molecular weight excluding hydrogens is 184 g/mol. The summed E-state index contributed by atoms with van der Waals surface area (Å²) < 4.78 is 2.53. The van der Waals surface area contributed by atoms with E-state index >= 15 is 0 Å². The minimum atomic E-state index is -0.250. The first-order valence-electron chi connectivity index (χ1n) is 4.87. The molecule has 0 fully saturated rings. The predicted octanol–water partition coefficient (Wildman–Crippen LogP) is -0.207. The van der Waals surface area contributed by atoms with Crippen LogP contribution in [0.15, 0.2) is 4.79 Å². The number of aliphatic hydroxyl groups is 1. The first-order valence-corrected chi connectivity index (χ1v) is 4.87. The molecule has 0 aliphatic heterocycles. The molecule has 0 bridgehead atoms. The maximum absolute atomic E-state index is 11.6. The summed E-state index contributed by atoms with van der Waals surface area (Å²) in [6.45, 7) is 4.26. The summed E-state index contributed by atoms with van der Waals surface area (Å²) >= 11 is 0. The van der Waals surface area contributed by atoms with Gasteiger partial charge < -0.3 is 5.11 Å². The van der Waals surface area contributed by atoms with Gasteiger partial charge in [-0.3, -0.25) is 0 Å².